The standard InChI is InChI=1S/C13H20BrN3/c1-3-5-13(6-4-2)9-17(10-13)12-8-15-11(14)7-16-12/h7-8H,3-6,9-10H2,1-2H3. The summed E-state index contributed by atoms with van der Waals surface area (Å²) in [5.41, 5.74) is 0.540. The van der Waals surface area contributed by atoms with Crippen molar-refractivity contribution in [2.45, 2.75) is 39.5 Å². The van der Waals surface area contributed by atoms with Gasteiger partial charge in [-0.3, -0.25) is 0 Å². The van der Waals surface area contributed by atoms with Gasteiger partial charge < -0.3 is 4.90 Å². The van der Waals surface area contributed by atoms with Gasteiger partial charge in [0, 0.05) is 18.5 Å². The van der Waals surface area contributed by atoms with Crippen LogP contribution in [-0.4, -0.2) is 23.1 Å². The lowest BCUT2D eigenvalue weighted by atomic mass is 9.73. The van der Waals surface area contributed by atoms with Gasteiger partial charge in [-0.1, -0.05) is 26.7 Å². The van der Waals surface area contributed by atoms with Crippen LogP contribution in [0.1, 0.15) is 39.5 Å². The van der Waals surface area contributed by atoms with E-state index in [0.717, 1.165) is 23.5 Å². The van der Waals surface area contributed by atoms with Crippen molar-refractivity contribution < 1.29 is 0 Å². The third-order valence-corrected chi connectivity index (χ3v) is 3.95. The Kier molecular flexibility index (Phi) is 4.02. The molecule has 0 atom stereocenters. The normalized spacial score (nSPS) is 17.9. The van der Waals surface area contributed by atoms with Crippen molar-refractivity contribution in [2.24, 2.45) is 5.41 Å². The predicted molar refractivity (Wildman–Crippen MR) is 74.2 cm³/mol. The lowest BCUT2D eigenvalue weighted by Gasteiger charge is -2.51. The van der Waals surface area contributed by atoms with E-state index in [4.69, 9.17) is 0 Å². The minimum atomic E-state index is 0.540. The van der Waals surface area contributed by atoms with Crippen LogP contribution in [0.15, 0.2) is 17.0 Å². The van der Waals surface area contributed by atoms with Crippen LogP contribution in [0.25, 0.3) is 0 Å². The molecule has 94 valence electrons. The van der Waals surface area contributed by atoms with E-state index in [1.54, 1.807) is 6.20 Å². The van der Waals surface area contributed by atoms with Gasteiger partial charge in [0.25, 0.3) is 0 Å². The zero-order valence-corrected chi connectivity index (χ0v) is 12.2. The number of anilines is 1. The van der Waals surface area contributed by atoms with Crippen molar-refractivity contribution in [1.29, 1.82) is 0 Å². The third-order valence-electron chi connectivity index (χ3n) is 3.54. The maximum Gasteiger partial charge on any atom is 0.147 e. The largest absolute Gasteiger partial charge is 0.354 e. The quantitative estimate of drug-likeness (QED) is 0.831. The molecular weight excluding hydrogens is 278 g/mol. The summed E-state index contributed by atoms with van der Waals surface area (Å²) in [7, 11) is 0. The van der Waals surface area contributed by atoms with E-state index in [1.807, 2.05) is 6.20 Å². The Labute approximate surface area is 112 Å². The maximum atomic E-state index is 4.40. The fourth-order valence-electron chi connectivity index (χ4n) is 2.90. The summed E-state index contributed by atoms with van der Waals surface area (Å²) in [5, 5.41) is 0. The minimum absolute atomic E-state index is 0.540. The fourth-order valence-corrected chi connectivity index (χ4v) is 3.10. The van der Waals surface area contributed by atoms with E-state index >= 15 is 0 Å². The molecule has 0 aliphatic carbocycles. The number of rotatable bonds is 5. The number of hydrogen-bond donors (Lipinski definition) is 0. The lowest BCUT2D eigenvalue weighted by molar-refractivity contribution is 0.172. The first-order valence-electron chi connectivity index (χ1n) is 6.41. The zero-order valence-electron chi connectivity index (χ0n) is 10.6. The van der Waals surface area contributed by atoms with Crippen LogP contribution >= 0.6 is 15.9 Å². The van der Waals surface area contributed by atoms with Gasteiger partial charge in [0.15, 0.2) is 0 Å². The minimum Gasteiger partial charge on any atom is -0.354 e. The van der Waals surface area contributed by atoms with E-state index in [9.17, 15) is 0 Å². The summed E-state index contributed by atoms with van der Waals surface area (Å²) >= 11 is 3.31. The molecule has 0 N–H and O–H groups in total. The van der Waals surface area contributed by atoms with Gasteiger partial charge in [-0.2, -0.15) is 0 Å². The van der Waals surface area contributed by atoms with Crippen LogP contribution in [0, 0.1) is 5.41 Å². The molecule has 0 radical (unpaired) electrons. The summed E-state index contributed by atoms with van der Waals surface area (Å²) in [6, 6.07) is 0. The highest BCUT2D eigenvalue weighted by Gasteiger charge is 2.41. The summed E-state index contributed by atoms with van der Waals surface area (Å²) in [6.45, 7) is 6.84. The van der Waals surface area contributed by atoms with E-state index in [1.165, 1.54) is 25.7 Å². The first-order chi connectivity index (χ1) is 8.19. The first kappa shape index (κ1) is 12.8. The summed E-state index contributed by atoms with van der Waals surface area (Å²) in [6.07, 6.45) is 8.85. The molecule has 17 heavy (non-hydrogen) atoms. The molecule has 1 aliphatic rings. The van der Waals surface area contributed by atoms with Crippen LogP contribution in [0.5, 0.6) is 0 Å². The van der Waals surface area contributed by atoms with Gasteiger partial charge in [0.2, 0.25) is 0 Å². The Morgan fingerprint density at radius 1 is 1.18 bits per heavy atom. The van der Waals surface area contributed by atoms with Crippen LogP contribution in [0.2, 0.25) is 0 Å². The highest BCUT2D eigenvalue weighted by molar-refractivity contribution is 9.10. The van der Waals surface area contributed by atoms with Crippen molar-refractivity contribution in [2.75, 3.05) is 18.0 Å². The average molecular weight is 298 g/mol. The Balaban J connectivity index is 1.98. The van der Waals surface area contributed by atoms with Crippen molar-refractivity contribution >= 4 is 21.7 Å². The van der Waals surface area contributed by atoms with Crippen LogP contribution in [-0.2, 0) is 0 Å². The second kappa shape index (κ2) is 5.34. The summed E-state index contributed by atoms with van der Waals surface area (Å²) in [4.78, 5) is 11.0. The molecular formula is C13H20BrN3. The van der Waals surface area contributed by atoms with Crippen molar-refractivity contribution in [1.82, 2.24) is 9.97 Å². The lowest BCUT2D eigenvalue weighted by Crippen LogP contribution is -2.56. The highest BCUT2D eigenvalue weighted by atomic mass is 79.9. The Morgan fingerprint density at radius 2 is 1.82 bits per heavy atom. The number of nitrogens with zero attached hydrogens (tertiary/aromatic N) is 3. The van der Waals surface area contributed by atoms with E-state index in [2.05, 4.69) is 44.6 Å². The number of halogens is 1. The monoisotopic (exact) mass is 297 g/mol. The molecule has 1 aromatic rings. The summed E-state index contributed by atoms with van der Waals surface area (Å²) < 4.78 is 0.801. The topological polar surface area (TPSA) is 29.0 Å². The number of aromatic nitrogens is 2. The molecule has 0 bridgehead atoms. The molecule has 1 saturated heterocycles. The maximum absolute atomic E-state index is 4.40. The molecule has 0 unspecified atom stereocenters. The van der Waals surface area contributed by atoms with Gasteiger partial charge in [-0.15, -0.1) is 0 Å². The fraction of sp³-hybridized carbons (Fsp3) is 0.692. The molecule has 0 spiro atoms. The smallest absolute Gasteiger partial charge is 0.147 e. The molecule has 2 rings (SSSR count). The SMILES string of the molecule is CCCC1(CCC)CN(c2cnc(Br)cn2)C1. The molecule has 2 heterocycles. The predicted octanol–water partition coefficient (Wildman–Crippen LogP) is 3.65. The van der Waals surface area contributed by atoms with Crippen LogP contribution in [0.4, 0.5) is 5.82 Å². The van der Waals surface area contributed by atoms with Gasteiger partial charge in [0.05, 0.1) is 12.4 Å². The van der Waals surface area contributed by atoms with Gasteiger partial charge in [-0.25, -0.2) is 9.97 Å². The molecule has 3 nitrogen and oxygen atoms in total. The van der Waals surface area contributed by atoms with Gasteiger partial charge >= 0.3 is 0 Å². The highest BCUT2D eigenvalue weighted by Crippen LogP contribution is 2.41. The molecule has 1 aromatic heterocycles. The van der Waals surface area contributed by atoms with Gasteiger partial charge in [0.1, 0.15) is 10.4 Å². The van der Waals surface area contributed by atoms with E-state index in [-0.39, 0.29) is 0 Å². The molecule has 0 saturated carbocycles. The second-order valence-electron chi connectivity index (χ2n) is 5.05. The van der Waals surface area contributed by atoms with Crippen LogP contribution < -0.4 is 4.90 Å². The Hall–Kier alpha value is -0.640. The molecule has 4 heteroatoms. The van der Waals surface area contributed by atoms with E-state index in [0.29, 0.717) is 5.41 Å². The first-order valence-corrected chi connectivity index (χ1v) is 7.21. The Bertz CT molecular complexity index is 349. The van der Waals surface area contributed by atoms with Gasteiger partial charge in [-0.05, 0) is 28.8 Å². The Morgan fingerprint density at radius 3 is 2.29 bits per heavy atom. The van der Waals surface area contributed by atoms with Crippen molar-refractivity contribution in [3.05, 3.63) is 17.0 Å². The molecule has 1 aliphatic heterocycles. The van der Waals surface area contributed by atoms with Crippen molar-refractivity contribution in [3.63, 3.8) is 0 Å². The second-order valence-corrected chi connectivity index (χ2v) is 5.87. The molecule has 0 amide bonds. The number of hydrogen-bond acceptors (Lipinski definition) is 3. The average Bonchev–Trinajstić information content (AvgIpc) is 2.27. The zero-order chi connectivity index (χ0) is 12.3. The summed E-state index contributed by atoms with van der Waals surface area (Å²) in [5.74, 6) is 1.01. The third kappa shape index (κ3) is 2.79. The molecule has 1 fully saturated rings. The van der Waals surface area contributed by atoms with E-state index < -0.39 is 0 Å². The van der Waals surface area contributed by atoms with Crippen LogP contribution in [0.3, 0.4) is 0 Å². The van der Waals surface area contributed by atoms with Crippen molar-refractivity contribution in [3.8, 4) is 0 Å². The molecule has 0 aromatic carbocycles.